The zero-order valence-electron chi connectivity index (χ0n) is 12.5. The van der Waals surface area contributed by atoms with Crippen LogP contribution in [-0.4, -0.2) is 40.4 Å². The van der Waals surface area contributed by atoms with Crippen molar-refractivity contribution in [3.05, 3.63) is 28.8 Å². The van der Waals surface area contributed by atoms with Crippen LogP contribution in [0.15, 0.2) is 18.2 Å². The van der Waals surface area contributed by atoms with Crippen LogP contribution in [0.1, 0.15) is 19.4 Å². The summed E-state index contributed by atoms with van der Waals surface area (Å²) in [5.41, 5.74) is 2.02. The minimum absolute atomic E-state index is 0.434. The van der Waals surface area contributed by atoms with Crippen molar-refractivity contribution in [2.75, 3.05) is 18.0 Å². The number of hydrogen-bond acceptors (Lipinski definition) is 4. The lowest BCUT2D eigenvalue weighted by atomic mass is 10.1. The highest BCUT2D eigenvalue weighted by Gasteiger charge is 2.24. The van der Waals surface area contributed by atoms with E-state index in [0.717, 1.165) is 41.0 Å². The van der Waals surface area contributed by atoms with Gasteiger partial charge in [-0.2, -0.15) is 4.98 Å². The maximum atomic E-state index is 6.18. The molecule has 1 aromatic carbocycles. The molecule has 2 heterocycles. The van der Waals surface area contributed by atoms with Crippen LogP contribution >= 0.6 is 11.6 Å². The Bertz CT molecular complexity index is 629. The molecule has 6 heteroatoms. The van der Waals surface area contributed by atoms with Crippen LogP contribution in [0.4, 0.5) is 5.95 Å². The van der Waals surface area contributed by atoms with Crippen LogP contribution in [0, 0.1) is 6.92 Å². The van der Waals surface area contributed by atoms with E-state index in [9.17, 15) is 0 Å². The number of benzene rings is 1. The van der Waals surface area contributed by atoms with Gasteiger partial charge in [0.2, 0.25) is 5.95 Å². The van der Waals surface area contributed by atoms with Gasteiger partial charge in [-0.05, 0) is 32.4 Å². The monoisotopic (exact) mass is 305 g/mol. The van der Waals surface area contributed by atoms with Crippen molar-refractivity contribution in [3.63, 3.8) is 0 Å². The van der Waals surface area contributed by atoms with Crippen molar-refractivity contribution in [1.29, 1.82) is 0 Å². The second kappa shape index (κ2) is 5.66. The van der Waals surface area contributed by atoms with Gasteiger partial charge in [-0.3, -0.25) is 5.10 Å². The fourth-order valence-electron chi connectivity index (χ4n) is 2.87. The van der Waals surface area contributed by atoms with Crippen molar-refractivity contribution in [2.45, 2.75) is 32.9 Å². The highest BCUT2D eigenvalue weighted by atomic mass is 35.5. The van der Waals surface area contributed by atoms with Gasteiger partial charge in [0.15, 0.2) is 5.82 Å². The van der Waals surface area contributed by atoms with Gasteiger partial charge in [0.1, 0.15) is 0 Å². The standard InChI is InChI=1S/C15H20ClN5/c1-9-7-21(8-10(2)17-9)15-18-14(19-20-15)12-5-4-6-13(16)11(12)3/h4-6,9-10,17H,7-8H2,1-3H3,(H,18,19,20). The highest BCUT2D eigenvalue weighted by Crippen LogP contribution is 2.27. The summed E-state index contributed by atoms with van der Waals surface area (Å²) in [5, 5.41) is 11.7. The second-order valence-electron chi connectivity index (χ2n) is 5.77. The molecule has 0 amide bonds. The van der Waals surface area contributed by atoms with E-state index in [4.69, 9.17) is 11.6 Å². The van der Waals surface area contributed by atoms with Gasteiger partial charge < -0.3 is 10.2 Å². The van der Waals surface area contributed by atoms with Crippen LogP contribution < -0.4 is 10.2 Å². The van der Waals surface area contributed by atoms with Crippen LogP contribution in [0.2, 0.25) is 5.02 Å². The van der Waals surface area contributed by atoms with Gasteiger partial charge in [-0.25, -0.2) is 0 Å². The highest BCUT2D eigenvalue weighted by molar-refractivity contribution is 6.31. The predicted octanol–water partition coefficient (Wildman–Crippen LogP) is 2.62. The van der Waals surface area contributed by atoms with E-state index in [1.807, 2.05) is 25.1 Å². The summed E-state index contributed by atoms with van der Waals surface area (Å²) in [4.78, 5) is 6.86. The molecule has 0 saturated carbocycles. The molecule has 1 aliphatic rings. The molecule has 0 aliphatic carbocycles. The summed E-state index contributed by atoms with van der Waals surface area (Å²) >= 11 is 6.18. The molecule has 1 aromatic heterocycles. The summed E-state index contributed by atoms with van der Waals surface area (Å²) in [7, 11) is 0. The zero-order chi connectivity index (χ0) is 15.0. The normalized spacial score (nSPS) is 22.6. The third kappa shape index (κ3) is 2.89. The lowest BCUT2D eigenvalue weighted by Crippen LogP contribution is -2.54. The minimum Gasteiger partial charge on any atom is -0.336 e. The third-order valence-corrected chi connectivity index (χ3v) is 4.25. The molecule has 2 unspecified atom stereocenters. The molecular weight excluding hydrogens is 286 g/mol. The number of anilines is 1. The Hall–Kier alpha value is -1.59. The average Bonchev–Trinajstić information content (AvgIpc) is 2.90. The number of H-pyrrole nitrogens is 1. The topological polar surface area (TPSA) is 56.8 Å². The van der Waals surface area contributed by atoms with Gasteiger partial charge in [0, 0.05) is 35.8 Å². The van der Waals surface area contributed by atoms with Gasteiger partial charge in [-0.1, -0.05) is 23.7 Å². The Labute approximate surface area is 129 Å². The fraction of sp³-hybridized carbons (Fsp3) is 0.467. The van der Waals surface area contributed by atoms with Crippen molar-refractivity contribution >= 4 is 17.5 Å². The van der Waals surface area contributed by atoms with Gasteiger partial charge in [0.25, 0.3) is 0 Å². The molecule has 2 atom stereocenters. The van der Waals surface area contributed by atoms with Crippen molar-refractivity contribution in [3.8, 4) is 11.4 Å². The van der Waals surface area contributed by atoms with Crippen molar-refractivity contribution in [1.82, 2.24) is 20.5 Å². The summed E-state index contributed by atoms with van der Waals surface area (Å²) < 4.78 is 0. The fourth-order valence-corrected chi connectivity index (χ4v) is 3.04. The number of aromatic nitrogens is 3. The molecule has 2 aromatic rings. The van der Waals surface area contributed by atoms with E-state index in [2.05, 4.69) is 39.2 Å². The molecule has 1 aliphatic heterocycles. The SMILES string of the molecule is Cc1c(Cl)cccc1-c1nc(N2CC(C)NC(C)C2)n[nH]1. The Morgan fingerprint density at radius 1 is 1.24 bits per heavy atom. The molecule has 0 radical (unpaired) electrons. The zero-order valence-corrected chi connectivity index (χ0v) is 13.3. The predicted molar refractivity (Wildman–Crippen MR) is 85.8 cm³/mol. The molecule has 21 heavy (non-hydrogen) atoms. The van der Waals surface area contributed by atoms with Crippen LogP contribution in [0.25, 0.3) is 11.4 Å². The molecule has 1 fully saturated rings. The number of halogens is 1. The molecule has 0 spiro atoms. The van der Waals surface area contributed by atoms with E-state index in [-0.39, 0.29) is 0 Å². The first-order valence-electron chi connectivity index (χ1n) is 7.23. The molecule has 0 bridgehead atoms. The summed E-state index contributed by atoms with van der Waals surface area (Å²) in [5.74, 6) is 1.52. The summed E-state index contributed by atoms with van der Waals surface area (Å²) in [6, 6.07) is 6.69. The Morgan fingerprint density at radius 3 is 2.67 bits per heavy atom. The molecular formula is C15H20ClN5. The largest absolute Gasteiger partial charge is 0.336 e. The number of nitrogens with one attached hydrogen (secondary N) is 2. The Kier molecular flexibility index (Phi) is 3.87. The van der Waals surface area contributed by atoms with Gasteiger partial charge in [-0.15, -0.1) is 5.10 Å². The second-order valence-corrected chi connectivity index (χ2v) is 6.18. The first-order valence-corrected chi connectivity index (χ1v) is 7.61. The van der Waals surface area contributed by atoms with Crippen molar-refractivity contribution < 1.29 is 0 Å². The third-order valence-electron chi connectivity index (χ3n) is 3.84. The van der Waals surface area contributed by atoms with E-state index < -0.39 is 0 Å². The molecule has 1 saturated heterocycles. The van der Waals surface area contributed by atoms with E-state index in [1.54, 1.807) is 0 Å². The number of piperazine rings is 1. The van der Waals surface area contributed by atoms with Gasteiger partial charge >= 0.3 is 0 Å². The van der Waals surface area contributed by atoms with E-state index in [0.29, 0.717) is 12.1 Å². The van der Waals surface area contributed by atoms with E-state index in [1.165, 1.54) is 0 Å². The van der Waals surface area contributed by atoms with Crippen LogP contribution in [-0.2, 0) is 0 Å². The Balaban J connectivity index is 1.88. The number of hydrogen-bond donors (Lipinski definition) is 2. The molecule has 2 N–H and O–H groups in total. The first kappa shape index (κ1) is 14.4. The lowest BCUT2D eigenvalue weighted by molar-refractivity contribution is 0.403. The minimum atomic E-state index is 0.434. The lowest BCUT2D eigenvalue weighted by Gasteiger charge is -2.35. The number of nitrogens with zero attached hydrogens (tertiary/aromatic N) is 3. The summed E-state index contributed by atoms with van der Waals surface area (Å²) in [6.07, 6.45) is 0. The number of rotatable bonds is 2. The van der Waals surface area contributed by atoms with Crippen LogP contribution in [0.3, 0.4) is 0 Å². The quantitative estimate of drug-likeness (QED) is 0.895. The van der Waals surface area contributed by atoms with Gasteiger partial charge in [0.05, 0.1) is 0 Å². The summed E-state index contributed by atoms with van der Waals surface area (Å²) in [6.45, 7) is 8.18. The molecule has 5 nitrogen and oxygen atoms in total. The van der Waals surface area contributed by atoms with Crippen molar-refractivity contribution in [2.24, 2.45) is 0 Å². The first-order chi connectivity index (χ1) is 10.0. The number of aromatic amines is 1. The maximum absolute atomic E-state index is 6.18. The average molecular weight is 306 g/mol. The van der Waals surface area contributed by atoms with Crippen LogP contribution in [0.5, 0.6) is 0 Å². The molecule has 3 rings (SSSR count). The Morgan fingerprint density at radius 2 is 1.95 bits per heavy atom. The smallest absolute Gasteiger partial charge is 0.245 e. The maximum Gasteiger partial charge on any atom is 0.245 e. The van der Waals surface area contributed by atoms with E-state index >= 15 is 0 Å². The molecule has 112 valence electrons.